The van der Waals surface area contributed by atoms with Gasteiger partial charge in [0.15, 0.2) is 11.0 Å². The first kappa shape index (κ1) is 22.5. The third-order valence-corrected chi connectivity index (χ3v) is 6.33. The van der Waals surface area contributed by atoms with E-state index in [4.69, 9.17) is 4.74 Å². The second-order valence-corrected chi connectivity index (χ2v) is 8.98. The van der Waals surface area contributed by atoms with E-state index in [0.29, 0.717) is 17.5 Å². The molecule has 0 bridgehead atoms. The first-order chi connectivity index (χ1) is 15.5. The van der Waals surface area contributed by atoms with Gasteiger partial charge < -0.3 is 9.64 Å². The Labute approximate surface area is 191 Å². The molecule has 1 aliphatic heterocycles. The van der Waals surface area contributed by atoms with Crippen LogP contribution in [0.1, 0.15) is 26.7 Å². The Morgan fingerprint density at radius 1 is 1.19 bits per heavy atom. The summed E-state index contributed by atoms with van der Waals surface area (Å²) in [6, 6.07) is 15.9. The monoisotopic (exact) mass is 454 g/mol. The average molecular weight is 455 g/mol. The van der Waals surface area contributed by atoms with E-state index >= 15 is 0 Å². The third kappa shape index (κ3) is 5.19. The summed E-state index contributed by atoms with van der Waals surface area (Å²) in [5.41, 5.74) is 1.66. The summed E-state index contributed by atoms with van der Waals surface area (Å²) in [6.45, 7) is 5.35. The Kier molecular flexibility index (Phi) is 7.22. The number of para-hydroxylation sites is 1. The Morgan fingerprint density at radius 2 is 1.94 bits per heavy atom. The summed E-state index contributed by atoms with van der Waals surface area (Å²) in [6.07, 6.45) is 2.08. The minimum Gasteiger partial charge on any atom is -0.376 e. The predicted octanol–water partition coefficient (Wildman–Crippen LogP) is 4.80. The van der Waals surface area contributed by atoms with Gasteiger partial charge >= 0.3 is 0 Å². The molecule has 6 nitrogen and oxygen atoms in total. The molecule has 2 heterocycles. The number of halogens is 1. The highest BCUT2D eigenvalue weighted by Gasteiger charge is 2.24. The summed E-state index contributed by atoms with van der Waals surface area (Å²) in [4.78, 5) is 14.9. The molecule has 1 fully saturated rings. The number of hydrogen-bond acceptors (Lipinski definition) is 5. The summed E-state index contributed by atoms with van der Waals surface area (Å²) in [5.74, 6) is 0.597. The van der Waals surface area contributed by atoms with Gasteiger partial charge in [-0.3, -0.25) is 9.36 Å². The van der Waals surface area contributed by atoms with Crippen molar-refractivity contribution in [3.05, 3.63) is 60.4 Å². The van der Waals surface area contributed by atoms with Gasteiger partial charge in [-0.15, -0.1) is 10.2 Å². The van der Waals surface area contributed by atoms with Crippen molar-refractivity contribution in [1.82, 2.24) is 14.8 Å². The Hall–Kier alpha value is -2.71. The molecule has 1 aliphatic rings. The number of thioether (sulfide) groups is 1. The van der Waals surface area contributed by atoms with Gasteiger partial charge in [0.05, 0.1) is 18.4 Å². The summed E-state index contributed by atoms with van der Waals surface area (Å²) in [7, 11) is 0. The summed E-state index contributed by atoms with van der Waals surface area (Å²) in [5, 5.41) is 9.38. The molecule has 0 saturated carbocycles. The van der Waals surface area contributed by atoms with Crippen LogP contribution < -0.4 is 4.90 Å². The SMILES string of the molecule is CC(C)N(C(=O)CSc1nnc(-c2ccc(F)cc2)n1C[C@H]1CCCO1)c1ccccc1. The molecular formula is C24H27FN4O2S. The van der Waals surface area contributed by atoms with Gasteiger partial charge in [0.25, 0.3) is 0 Å². The van der Waals surface area contributed by atoms with E-state index in [1.165, 1.54) is 23.9 Å². The predicted molar refractivity (Wildman–Crippen MR) is 124 cm³/mol. The minimum atomic E-state index is -0.297. The molecule has 0 aliphatic carbocycles. The first-order valence-corrected chi connectivity index (χ1v) is 11.8. The number of carbonyl (C=O) groups is 1. The fourth-order valence-electron chi connectivity index (χ4n) is 3.88. The van der Waals surface area contributed by atoms with Gasteiger partial charge in [-0.1, -0.05) is 30.0 Å². The van der Waals surface area contributed by atoms with Crippen molar-refractivity contribution in [2.75, 3.05) is 17.3 Å². The van der Waals surface area contributed by atoms with Crippen LogP contribution in [-0.2, 0) is 16.1 Å². The molecule has 168 valence electrons. The molecule has 4 rings (SSSR count). The molecule has 32 heavy (non-hydrogen) atoms. The lowest BCUT2D eigenvalue weighted by atomic mass is 10.2. The number of hydrogen-bond donors (Lipinski definition) is 0. The standard InChI is InChI=1S/C24H27FN4O2S/c1-17(2)29(20-7-4-3-5-8-20)22(30)16-32-24-27-26-23(18-10-12-19(25)13-11-18)28(24)15-21-9-6-14-31-21/h3-5,7-8,10-13,17,21H,6,9,14-16H2,1-2H3/t21-/m1/s1. The smallest absolute Gasteiger partial charge is 0.237 e. The molecule has 1 saturated heterocycles. The molecule has 0 radical (unpaired) electrons. The average Bonchev–Trinajstić information content (AvgIpc) is 3.44. The second-order valence-electron chi connectivity index (χ2n) is 8.04. The summed E-state index contributed by atoms with van der Waals surface area (Å²) < 4.78 is 21.2. The molecule has 1 atom stereocenters. The number of carbonyl (C=O) groups excluding carboxylic acids is 1. The maximum Gasteiger partial charge on any atom is 0.237 e. The van der Waals surface area contributed by atoms with Crippen LogP contribution in [0.25, 0.3) is 11.4 Å². The number of nitrogens with zero attached hydrogens (tertiary/aromatic N) is 4. The molecule has 3 aromatic rings. The lowest BCUT2D eigenvalue weighted by Gasteiger charge is -2.26. The van der Waals surface area contributed by atoms with Crippen molar-refractivity contribution >= 4 is 23.4 Å². The van der Waals surface area contributed by atoms with E-state index < -0.39 is 0 Å². The molecule has 8 heteroatoms. The maximum atomic E-state index is 13.4. The van der Waals surface area contributed by atoms with Crippen molar-refractivity contribution in [2.24, 2.45) is 0 Å². The van der Waals surface area contributed by atoms with Gasteiger partial charge in [-0.2, -0.15) is 0 Å². The van der Waals surface area contributed by atoms with E-state index in [1.54, 1.807) is 17.0 Å². The van der Waals surface area contributed by atoms with Crippen LogP contribution in [0.15, 0.2) is 59.8 Å². The highest BCUT2D eigenvalue weighted by molar-refractivity contribution is 7.99. The molecule has 2 aromatic carbocycles. The van der Waals surface area contributed by atoms with Crippen LogP contribution in [0, 0.1) is 5.82 Å². The van der Waals surface area contributed by atoms with Crippen LogP contribution >= 0.6 is 11.8 Å². The van der Waals surface area contributed by atoms with Crippen LogP contribution in [0.3, 0.4) is 0 Å². The normalized spacial score (nSPS) is 15.9. The van der Waals surface area contributed by atoms with E-state index in [9.17, 15) is 9.18 Å². The Bertz CT molecular complexity index is 1030. The molecule has 1 aromatic heterocycles. The number of amides is 1. The van der Waals surface area contributed by atoms with Crippen molar-refractivity contribution < 1.29 is 13.9 Å². The number of benzene rings is 2. The Morgan fingerprint density at radius 3 is 2.59 bits per heavy atom. The molecule has 0 spiro atoms. The van der Waals surface area contributed by atoms with Crippen molar-refractivity contribution in [3.63, 3.8) is 0 Å². The van der Waals surface area contributed by atoms with Crippen LogP contribution in [0.2, 0.25) is 0 Å². The van der Waals surface area contributed by atoms with Gasteiger partial charge in [-0.25, -0.2) is 4.39 Å². The Balaban J connectivity index is 1.55. The van der Waals surface area contributed by atoms with Gasteiger partial charge in [0.2, 0.25) is 5.91 Å². The minimum absolute atomic E-state index is 0.00574. The molecule has 0 N–H and O–H groups in total. The number of aromatic nitrogens is 3. The number of rotatable bonds is 8. The van der Waals surface area contributed by atoms with E-state index in [-0.39, 0.29) is 29.6 Å². The zero-order valence-corrected chi connectivity index (χ0v) is 19.1. The van der Waals surface area contributed by atoms with Crippen molar-refractivity contribution in [2.45, 2.75) is 50.5 Å². The number of anilines is 1. The summed E-state index contributed by atoms with van der Waals surface area (Å²) >= 11 is 1.37. The van der Waals surface area contributed by atoms with Crippen molar-refractivity contribution in [3.8, 4) is 11.4 Å². The maximum absolute atomic E-state index is 13.4. The second kappa shape index (κ2) is 10.3. The molecule has 1 amide bonds. The van der Waals surface area contributed by atoms with Crippen LogP contribution in [0.5, 0.6) is 0 Å². The fourth-order valence-corrected chi connectivity index (χ4v) is 4.69. The van der Waals surface area contributed by atoms with Crippen LogP contribution in [0.4, 0.5) is 10.1 Å². The third-order valence-electron chi connectivity index (χ3n) is 5.37. The zero-order chi connectivity index (χ0) is 22.5. The van der Waals surface area contributed by atoms with Gasteiger partial charge in [0, 0.05) is 23.9 Å². The zero-order valence-electron chi connectivity index (χ0n) is 18.3. The lowest BCUT2D eigenvalue weighted by molar-refractivity contribution is -0.116. The van der Waals surface area contributed by atoms with E-state index in [1.807, 2.05) is 48.7 Å². The van der Waals surface area contributed by atoms with E-state index in [0.717, 1.165) is 30.7 Å². The largest absolute Gasteiger partial charge is 0.376 e. The number of ether oxygens (including phenoxy) is 1. The van der Waals surface area contributed by atoms with Crippen LogP contribution in [-0.4, -0.2) is 45.2 Å². The van der Waals surface area contributed by atoms with Gasteiger partial charge in [-0.05, 0) is 63.1 Å². The quantitative estimate of drug-likeness (QED) is 0.458. The highest BCUT2D eigenvalue weighted by Crippen LogP contribution is 2.28. The first-order valence-electron chi connectivity index (χ1n) is 10.8. The van der Waals surface area contributed by atoms with Crippen molar-refractivity contribution in [1.29, 1.82) is 0 Å². The fraction of sp³-hybridized carbons (Fsp3) is 0.375. The molecule has 0 unspecified atom stereocenters. The topological polar surface area (TPSA) is 60.2 Å². The van der Waals surface area contributed by atoms with E-state index in [2.05, 4.69) is 10.2 Å². The molecular weight excluding hydrogens is 427 g/mol. The lowest BCUT2D eigenvalue weighted by Crippen LogP contribution is -2.38. The van der Waals surface area contributed by atoms with Gasteiger partial charge in [0.1, 0.15) is 5.82 Å². The highest BCUT2D eigenvalue weighted by atomic mass is 32.2.